The van der Waals surface area contributed by atoms with Gasteiger partial charge in [0.1, 0.15) is 0 Å². The number of likely N-dealkylation sites (tertiary alicyclic amines) is 1. The van der Waals surface area contributed by atoms with Crippen molar-refractivity contribution in [3.63, 3.8) is 0 Å². The number of ether oxygens (including phenoxy) is 1. The lowest BCUT2D eigenvalue weighted by Gasteiger charge is -2.34. The van der Waals surface area contributed by atoms with Gasteiger partial charge in [-0.05, 0) is 40.5 Å². The standard InChI is InChI=1S/C17H28N4O3/c1-6-24-17(23)18-14-8-7-9-21(10-14)16(22)11(2)15-12(3)19-20(5)13(15)4/h11,14H,6-10H2,1-5H3,(H,18,23)/t11-,14-/m0/s1. The number of amides is 2. The summed E-state index contributed by atoms with van der Waals surface area (Å²) in [6.45, 7) is 9.23. The van der Waals surface area contributed by atoms with Gasteiger partial charge in [-0.3, -0.25) is 9.48 Å². The van der Waals surface area contributed by atoms with Crippen molar-refractivity contribution >= 4 is 12.0 Å². The van der Waals surface area contributed by atoms with E-state index in [4.69, 9.17) is 4.74 Å². The Kier molecular flexibility index (Phi) is 5.85. The third kappa shape index (κ3) is 3.88. The molecule has 0 aromatic carbocycles. The summed E-state index contributed by atoms with van der Waals surface area (Å²) in [5.41, 5.74) is 2.92. The van der Waals surface area contributed by atoms with E-state index in [1.807, 2.05) is 37.4 Å². The summed E-state index contributed by atoms with van der Waals surface area (Å²) in [6.07, 6.45) is 1.33. The smallest absolute Gasteiger partial charge is 0.407 e. The second-order valence-corrected chi connectivity index (χ2v) is 6.42. The minimum Gasteiger partial charge on any atom is -0.450 e. The van der Waals surface area contributed by atoms with E-state index >= 15 is 0 Å². The van der Waals surface area contributed by atoms with Crippen molar-refractivity contribution in [1.82, 2.24) is 20.0 Å². The van der Waals surface area contributed by atoms with Gasteiger partial charge in [-0.15, -0.1) is 0 Å². The monoisotopic (exact) mass is 336 g/mol. The van der Waals surface area contributed by atoms with Crippen LogP contribution in [0.5, 0.6) is 0 Å². The first-order valence-electron chi connectivity index (χ1n) is 8.57. The third-order valence-electron chi connectivity index (χ3n) is 4.70. The Morgan fingerprint density at radius 1 is 1.42 bits per heavy atom. The average Bonchev–Trinajstić information content (AvgIpc) is 2.79. The summed E-state index contributed by atoms with van der Waals surface area (Å²) in [5, 5.41) is 7.25. The molecular weight excluding hydrogens is 308 g/mol. The molecule has 2 amide bonds. The highest BCUT2D eigenvalue weighted by atomic mass is 16.5. The first-order chi connectivity index (χ1) is 11.3. The molecule has 7 heteroatoms. The molecule has 0 radical (unpaired) electrons. The summed E-state index contributed by atoms with van der Waals surface area (Å²) in [5.74, 6) is -0.149. The van der Waals surface area contributed by atoms with Gasteiger partial charge in [0.25, 0.3) is 0 Å². The number of piperidine rings is 1. The van der Waals surface area contributed by atoms with Crippen molar-refractivity contribution in [2.24, 2.45) is 7.05 Å². The average molecular weight is 336 g/mol. The number of rotatable bonds is 4. The second kappa shape index (κ2) is 7.68. The molecule has 2 atom stereocenters. The van der Waals surface area contributed by atoms with Crippen LogP contribution in [-0.4, -0.2) is 52.4 Å². The fourth-order valence-electron chi connectivity index (χ4n) is 3.45. The lowest BCUT2D eigenvalue weighted by molar-refractivity contribution is -0.133. The molecule has 0 spiro atoms. The first-order valence-corrected chi connectivity index (χ1v) is 8.57. The van der Waals surface area contributed by atoms with Crippen molar-refractivity contribution in [3.05, 3.63) is 17.0 Å². The van der Waals surface area contributed by atoms with E-state index in [2.05, 4.69) is 10.4 Å². The molecule has 0 bridgehead atoms. The Hall–Kier alpha value is -2.05. The van der Waals surface area contributed by atoms with Crippen LogP contribution < -0.4 is 5.32 Å². The van der Waals surface area contributed by atoms with Crippen molar-refractivity contribution in [2.75, 3.05) is 19.7 Å². The van der Waals surface area contributed by atoms with Gasteiger partial charge in [0, 0.05) is 37.4 Å². The van der Waals surface area contributed by atoms with Gasteiger partial charge in [-0.25, -0.2) is 4.79 Å². The summed E-state index contributed by atoms with van der Waals surface area (Å²) < 4.78 is 6.74. The Bertz CT molecular complexity index is 611. The van der Waals surface area contributed by atoms with E-state index in [1.54, 1.807) is 6.92 Å². The van der Waals surface area contributed by atoms with Crippen LogP contribution >= 0.6 is 0 Å². The van der Waals surface area contributed by atoms with Crippen LogP contribution in [0.4, 0.5) is 4.79 Å². The topological polar surface area (TPSA) is 76.5 Å². The van der Waals surface area contributed by atoms with Gasteiger partial charge in [0.15, 0.2) is 0 Å². The molecule has 24 heavy (non-hydrogen) atoms. The van der Waals surface area contributed by atoms with Gasteiger partial charge >= 0.3 is 6.09 Å². The van der Waals surface area contributed by atoms with Crippen LogP contribution in [-0.2, 0) is 16.6 Å². The molecule has 0 aliphatic carbocycles. The molecule has 1 aromatic rings. The van der Waals surface area contributed by atoms with Crippen molar-refractivity contribution in [3.8, 4) is 0 Å². The molecule has 1 aliphatic heterocycles. The number of aromatic nitrogens is 2. The van der Waals surface area contributed by atoms with E-state index in [-0.39, 0.29) is 17.9 Å². The van der Waals surface area contributed by atoms with Crippen LogP contribution in [0.15, 0.2) is 0 Å². The molecule has 2 heterocycles. The number of nitrogens with zero attached hydrogens (tertiary/aromatic N) is 3. The van der Waals surface area contributed by atoms with Crippen LogP contribution in [0.1, 0.15) is 49.6 Å². The van der Waals surface area contributed by atoms with E-state index in [1.165, 1.54) is 0 Å². The fourth-order valence-corrected chi connectivity index (χ4v) is 3.45. The zero-order chi connectivity index (χ0) is 17.9. The highest BCUT2D eigenvalue weighted by Crippen LogP contribution is 2.26. The van der Waals surface area contributed by atoms with Gasteiger partial charge < -0.3 is 15.0 Å². The molecule has 1 N–H and O–H groups in total. The van der Waals surface area contributed by atoms with Gasteiger partial charge in [-0.2, -0.15) is 5.10 Å². The minimum atomic E-state index is -0.413. The zero-order valence-corrected chi connectivity index (χ0v) is 15.3. The van der Waals surface area contributed by atoms with E-state index < -0.39 is 6.09 Å². The lowest BCUT2D eigenvalue weighted by atomic mass is 9.96. The molecule has 7 nitrogen and oxygen atoms in total. The summed E-state index contributed by atoms with van der Waals surface area (Å²) >= 11 is 0. The van der Waals surface area contributed by atoms with Crippen LogP contribution in [0.2, 0.25) is 0 Å². The Morgan fingerprint density at radius 3 is 2.71 bits per heavy atom. The predicted octanol–water partition coefficient (Wildman–Crippen LogP) is 1.88. The van der Waals surface area contributed by atoms with Crippen LogP contribution in [0.25, 0.3) is 0 Å². The fraction of sp³-hybridized carbons (Fsp3) is 0.706. The maximum atomic E-state index is 12.9. The largest absolute Gasteiger partial charge is 0.450 e. The number of nitrogens with one attached hydrogen (secondary N) is 1. The molecule has 1 saturated heterocycles. The number of hydrogen-bond acceptors (Lipinski definition) is 4. The zero-order valence-electron chi connectivity index (χ0n) is 15.3. The molecular formula is C17H28N4O3. The normalized spacial score (nSPS) is 19.0. The number of carbonyl (C=O) groups is 2. The molecule has 1 fully saturated rings. The quantitative estimate of drug-likeness (QED) is 0.911. The van der Waals surface area contributed by atoms with Crippen molar-refractivity contribution in [2.45, 2.75) is 52.5 Å². The minimum absolute atomic E-state index is 0.0509. The van der Waals surface area contributed by atoms with Crippen molar-refractivity contribution in [1.29, 1.82) is 0 Å². The van der Waals surface area contributed by atoms with Crippen LogP contribution in [0, 0.1) is 13.8 Å². The molecule has 1 aliphatic rings. The summed E-state index contributed by atoms with van der Waals surface area (Å²) in [6, 6.07) is -0.0509. The molecule has 0 unspecified atom stereocenters. The van der Waals surface area contributed by atoms with Gasteiger partial charge in [0.05, 0.1) is 18.2 Å². The Labute approximate surface area is 143 Å². The van der Waals surface area contributed by atoms with E-state index in [0.29, 0.717) is 13.2 Å². The van der Waals surface area contributed by atoms with Gasteiger partial charge in [-0.1, -0.05) is 0 Å². The van der Waals surface area contributed by atoms with Crippen LogP contribution in [0.3, 0.4) is 0 Å². The molecule has 134 valence electrons. The molecule has 2 rings (SSSR count). The maximum absolute atomic E-state index is 12.9. The highest BCUT2D eigenvalue weighted by Gasteiger charge is 2.30. The van der Waals surface area contributed by atoms with E-state index in [0.717, 1.165) is 36.3 Å². The first kappa shape index (κ1) is 18.3. The summed E-state index contributed by atoms with van der Waals surface area (Å²) in [4.78, 5) is 26.3. The maximum Gasteiger partial charge on any atom is 0.407 e. The van der Waals surface area contributed by atoms with Crippen molar-refractivity contribution < 1.29 is 14.3 Å². The molecule has 1 aromatic heterocycles. The lowest BCUT2D eigenvalue weighted by Crippen LogP contribution is -2.50. The number of carbonyl (C=O) groups excluding carboxylic acids is 2. The third-order valence-corrected chi connectivity index (χ3v) is 4.70. The highest BCUT2D eigenvalue weighted by molar-refractivity contribution is 5.84. The predicted molar refractivity (Wildman–Crippen MR) is 90.9 cm³/mol. The number of aryl methyl sites for hydroxylation is 2. The van der Waals surface area contributed by atoms with Gasteiger partial charge in [0.2, 0.25) is 5.91 Å². The Balaban J connectivity index is 2.04. The SMILES string of the molecule is CCOC(=O)N[C@H]1CCCN(C(=O)[C@@H](C)c2c(C)nn(C)c2C)C1. The summed E-state index contributed by atoms with van der Waals surface area (Å²) in [7, 11) is 1.89. The Morgan fingerprint density at radius 2 is 2.12 bits per heavy atom. The van der Waals surface area contributed by atoms with E-state index in [9.17, 15) is 9.59 Å². The number of alkyl carbamates (subject to hydrolysis) is 1. The second-order valence-electron chi connectivity index (χ2n) is 6.42. The number of hydrogen-bond donors (Lipinski definition) is 1. The molecule has 0 saturated carbocycles.